The number of hydrogen-bond acceptors (Lipinski definition) is 5. The van der Waals surface area contributed by atoms with Gasteiger partial charge in [0.2, 0.25) is 5.95 Å². The van der Waals surface area contributed by atoms with Gasteiger partial charge < -0.3 is 14.8 Å². The average molecular weight is 378 g/mol. The summed E-state index contributed by atoms with van der Waals surface area (Å²) in [6.07, 6.45) is -4.55. The molecule has 1 aromatic carbocycles. The Bertz CT molecular complexity index is 948. The molecule has 0 saturated heterocycles. The molecule has 2 aromatic heterocycles. The fraction of sp³-hybridized carbons (Fsp3) is 0.389. The molecule has 9 heteroatoms. The number of para-hydroxylation sites is 2. The zero-order valence-corrected chi connectivity index (χ0v) is 15.5. The maximum atomic E-state index is 13.2. The Kier molecular flexibility index (Phi) is 4.95. The molecule has 3 rings (SSSR count). The van der Waals surface area contributed by atoms with E-state index in [0.717, 1.165) is 17.1 Å². The van der Waals surface area contributed by atoms with Gasteiger partial charge in [-0.3, -0.25) is 0 Å². The number of halogens is 3. The summed E-state index contributed by atoms with van der Waals surface area (Å²) in [5, 5.41) is 2.97. The molecule has 1 unspecified atom stereocenters. The molecule has 1 N–H and O–H groups in total. The van der Waals surface area contributed by atoms with Crippen molar-refractivity contribution in [3.63, 3.8) is 0 Å². The number of rotatable bonds is 5. The van der Waals surface area contributed by atoms with Crippen LogP contribution in [0.15, 0.2) is 30.3 Å². The van der Waals surface area contributed by atoms with Gasteiger partial charge in [0.05, 0.1) is 17.1 Å². The van der Waals surface area contributed by atoms with Gasteiger partial charge >= 0.3 is 6.18 Å². The number of benzene rings is 1. The Balaban J connectivity index is 1.99. The van der Waals surface area contributed by atoms with Crippen LogP contribution in [0.5, 0.6) is 0 Å². The first-order valence-corrected chi connectivity index (χ1v) is 8.56. The standard InChI is InChI=1S/C18H21F3N6/c1-5-27-13-9-7-6-8-12(13)23-16(27)11(2)22-17-24-14(18(19,20)21)10-15(25-17)26(3)4/h6-11H,5H2,1-4H3,(H,22,24,25). The molecular weight excluding hydrogens is 357 g/mol. The highest BCUT2D eigenvalue weighted by Crippen LogP contribution is 2.31. The molecule has 6 nitrogen and oxygen atoms in total. The topological polar surface area (TPSA) is 58.9 Å². The Labute approximate surface area is 155 Å². The Hall–Kier alpha value is -2.84. The van der Waals surface area contributed by atoms with Gasteiger partial charge in [-0.05, 0) is 26.0 Å². The normalized spacial score (nSPS) is 13.0. The number of fused-ring (bicyclic) bond motifs is 1. The van der Waals surface area contributed by atoms with Gasteiger partial charge in [-0.1, -0.05) is 12.1 Å². The van der Waals surface area contributed by atoms with Crippen molar-refractivity contribution >= 4 is 22.8 Å². The third-order valence-electron chi connectivity index (χ3n) is 4.19. The number of nitrogens with zero attached hydrogens (tertiary/aromatic N) is 5. The molecular formula is C18H21F3N6. The lowest BCUT2D eigenvalue weighted by atomic mass is 10.3. The lowest BCUT2D eigenvalue weighted by Gasteiger charge is -2.19. The van der Waals surface area contributed by atoms with Crippen LogP contribution in [0.25, 0.3) is 11.0 Å². The third kappa shape index (κ3) is 3.81. The molecule has 0 amide bonds. The van der Waals surface area contributed by atoms with Crippen molar-refractivity contribution in [3.8, 4) is 0 Å². The van der Waals surface area contributed by atoms with Gasteiger partial charge in [-0.2, -0.15) is 18.2 Å². The van der Waals surface area contributed by atoms with Crippen LogP contribution in [-0.4, -0.2) is 33.6 Å². The highest BCUT2D eigenvalue weighted by Gasteiger charge is 2.34. The van der Waals surface area contributed by atoms with E-state index in [2.05, 4.69) is 20.3 Å². The van der Waals surface area contributed by atoms with Crippen LogP contribution < -0.4 is 10.2 Å². The third-order valence-corrected chi connectivity index (χ3v) is 4.19. The maximum absolute atomic E-state index is 13.2. The summed E-state index contributed by atoms with van der Waals surface area (Å²) in [4.78, 5) is 14.0. The first-order valence-electron chi connectivity index (χ1n) is 8.56. The van der Waals surface area contributed by atoms with Crippen molar-refractivity contribution in [1.82, 2.24) is 19.5 Å². The number of imidazole rings is 1. The average Bonchev–Trinajstić information content (AvgIpc) is 2.99. The van der Waals surface area contributed by atoms with Crippen molar-refractivity contribution in [2.24, 2.45) is 0 Å². The minimum Gasteiger partial charge on any atom is -0.363 e. The Morgan fingerprint density at radius 3 is 2.48 bits per heavy atom. The maximum Gasteiger partial charge on any atom is 0.433 e. The molecule has 0 radical (unpaired) electrons. The van der Waals surface area contributed by atoms with Crippen LogP contribution in [-0.2, 0) is 12.7 Å². The highest BCUT2D eigenvalue weighted by molar-refractivity contribution is 5.76. The van der Waals surface area contributed by atoms with Crippen LogP contribution in [0.2, 0.25) is 0 Å². The van der Waals surface area contributed by atoms with Gasteiger partial charge in [0.1, 0.15) is 11.6 Å². The number of anilines is 2. The van der Waals surface area contributed by atoms with Crippen LogP contribution in [0, 0.1) is 0 Å². The summed E-state index contributed by atoms with van der Waals surface area (Å²) in [7, 11) is 3.26. The van der Waals surface area contributed by atoms with E-state index in [1.807, 2.05) is 42.7 Å². The zero-order valence-electron chi connectivity index (χ0n) is 15.5. The van der Waals surface area contributed by atoms with Crippen LogP contribution in [0.3, 0.4) is 0 Å². The smallest absolute Gasteiger partial charge is 0.363 e. The van der Waals surface area contributed by atoms with E-state index in [-0.39, 0.29) is 17.8 Å². The lowest BCUT2D eigenvalue weighted by molar-refractivity contribution is -0.141. The predicted octanol–water partition coefficient (Wildman–Crippen LogP) is 4.10. The molecule has 0 aliphatic heterocycles. The van der Waals surface area contributed by atoms with Crippen molar-refractivity contribution < 1.29 is 13.2 Å². The Morgan fingerprint density at radius 2 is 1.85 bits per heavy atom. The summed E-state index contributed by atoms with van der Waals surface area (Å²) in [5.41, 5.74) is 0.824. The molecule has 0 fully saturated rings. The number of hydrogen-bond donors (Lipinski definition) is 1. The molecule has 1 atom stereocenters. The summed E-state index contributed by atoms with van der Waals surface area (Å²) >= 11 is 0. The van der Waals surface area contributed by atoms with Crippen LogP contribution in [0.1, 0.15) is 31.4 Å². The zero-order chi connectivity index (χ0) is 19.8. The minimum absolute atomic E-state index is 0.0873. The molecule has 0 aliphatic rings. The second-order valence-corrected chi connectivity index (χ2v) is 6.40. The van der Waals surface area contributed by atoms with Gasteiger partial charge in [0.15, 0.2) is 5.69 Å². The van der Waals surface area contributed by atoms with Crippen LogP contribution >= 0.6 is 0 Å². The number of aromatic nitrogens is 4. The molecule has 0 saturated carbocycles. The van der Waals surface area contributed by atoms with Crippen molar-refractivity contribution in [3.05, 3.63) is 41.9 Å². The predicted molar refractivity (Wildman–Crippen MR) is 98.8 cm³/mol. The second kappa shape index (κ2) is 7.05. The quantitative estimate of drug-likeness (QED) is 0.724. The first-order chi connectivity index (χ1) is 12.7. The summed E-state index contributed by atoms with van der Waals surface area (Å²) in [6, 6.07) is 8.25. The van der Waals surface area contributed by atoms with Gasteiger partial charge in [-0.15, -0.1) is 0 Å². The number of alkyl halides is 3. The van der Waals surface area contributed by atoms with E-state index in [1.54, 1.807) is 14.1 Å². The van der Waals surface area contributed by atoms with Crippen molar-refractivity contribution in [2.75, 3.05) is 24.3 Å². The monoisotopic (exact) mass is 378 g/mol. The molecule has 0 bridgehead atoms. The lowest BCUT2D eigenvalue weighted by Crippen LogP contribution is -2.20. The van der Waals surface area contributed by atoms with Crippen molar-refractivity contribution in [1.29, 1.82) is 0 Å². The summed E-state index contributed by atoms with van der Waals surface area (Å²) < 4.78 is 41.6. The SMILES string of the molecule is CCn1c(C(C)Nc2nc(N(C)C)cc(C(F)(F)F)n2)nc2ccccc21. The Morgan fingerprint density at radius 1 is 1.15 bits per heavy atom. The van der Waals surface area contributed by atoms with Crippen LogP contribution in [0.4, 0.5) is 24.9 Å². The molecule has 0 aliphatic carbocycles. The second-order valence-electron chi connectivity index (χ2n) is 6.40. The first kappa shape index (κ1) is 18.9. The number of nitrogens with one attached hydrogen (secondary N) is 1. The van der Waals surface area contributed by atoms with Gasteiger partial charge in [0, 0.05) is 26.7 Å². The van der Waals surface area contributed by atoms with E-state index < -0.39 is 11.9 Å². The highest BCUT2D eigenvalue weighted by atomic mass is 19.4. The van der Waals surface area contributed by atoms with Gasteiger partial charge in [0.25, 0.3) is 0 Å². The van der Waals surface area contributed by atoms with E-state index in [9.17, 15) is 13.2 Å². The minimum atomic E-state index is -4.55. The summed E-state index contributed by atoms with van der Waals surface area (Å²) in [6.45, 7) is 4.51. The van der Waals surface area contributed by atoms with Crippen molar-refractivity contribution in [2.45, 2.75) is 32.6 Å². The molecule has 27 heavy (non-hydrogen) atoms. The van der Waals surface area contributed by atoms with E-state index in [4.69, 9.17) is 0 Å². The molecule has 144 valence electrons. The largest absolute Gasteiger partial charge is 0.433 e. The fourth-order valence-corrected chi connectivity index (χ4v) is 2.89. The summed E-state index contributed by atoms with van der Waals surface area (Å²) in [5.74, 6) is 0.804. The molecule has 0 spiro atoms. The number of aryl methyl sites for hydroxylation is 1. The van der Waals surface area contributed by atoms with E-state index in [0.29, 0.717) is 12.4 Å². The van der Waals surface area contributed by atoms with Gasteiger partial charge in [-0.25, -0.2) is 9.97 Å². The van der Waals surface area contributed by atoms with E-state index >= 15 is 0 Å². The van der Waals surface area contributed by atoms with E-state index in [1.165, 1.54) is 4.90 Å². The molecule has 3 aromatic rings. The molecule has 2 heterocycles. The fourth-order valence-electron chi connectivity index (χ4n) is 2.89.